The average Bonchev–Trinajstić information content (AvgIpc) is 3.19. The van der Waals surface area contributed by atoms with Crippen LogP contribution in [0.4, 0.5) is 0 Å². The molecule has 1 amide bonds. The molecule has 8 heteroatoms. The number of hydrogen-bond acceptors (Lipinski definition) is 5. The summed E-state index contributed by atoms with van der Waals surface area (Å²) in [6.45, 7) is 8.34. The van der Waals surface area contributed by atoms with Crippen LogP contribution in [0, 0.1) is 6.92 Å². The molecule has 0 bridgehead atoms. The molecule has 144 valence electrons. The second-order valence-corrected chi connectivity index (χ2v) is 7.00. The number of thiazole rings is 1. The lowest BCUT2D eigenvalue weighted by atomic mass is 10.3. The second-order valence-electron chi connectivity index (χ2n) is 6.00. The number of nitrogens with zero attached hydrogens (tertiary/aromatic N) is 4. The van der Waals surface area contributed by atoms with Gasteiger partial charge in [-0.05, 0) is 45.0 Å². The Morgan fingerprint density at radius 2 is 2.11 bits per heavy atom. The number of amides is 1. The molecule has 3 rings (SSSR count). The molecule has 0 radical (unpaired) electrons. The Balaban J connectivity index is 2.06. The number of aromatic nitrogens is 3. The van der Waals surface area contributed by atoms with Crippen molar-refractivity contribution in [3.63, 3.8) is 0 Å². The van der Waals surface area contributed by atoms with Crippen LogP contribution in [-0.2, 0) is 17.8 Å². The van der Waals surface area contributed by atoms with Crippen molar-refractivity contribution in [2.45, 2.75) is 33.9 Å². The van der Waals surface area contributed by atoms with Crippen molar-refractivity contribution in [1.29, 1.82) is 0 Å². The minimum absolute atomic E-state index is 0.340. The Hall–Kier alpha value is -2.45. The lowest BCUT2D eigenvalue weighted by Crippen LogP contribution is -2.19. The summed E-state index contributed by atoms with van der Waals surface area (Å²) < 4.78 is 15.6. The van der Waals surface area contributed by atoms with Crippen molar-refractivity contribution in [3.8, 4) is 5.75 Å². The van der Waals surface area contributed by atoms with Gasteiger partial charge in [-0.3, -0.25) is 9.48 Å². The normalized spacial score (nSPS) is 12.1. The zero-order valence-electron chi connectivity index (χ0n) is 16.1. The minimum Gasteiger partial charge on any atom is -0.494 e. The number of carbonyl (C=O) groups is 1. The zero-order valence-corrected chi connectivity index (χ0v) is 16.9. The Labute approximate surface area is 161 Å². The van der Waals surface area contributed by atoms with Gasteiger partial charge < -0.3 is 14.0 Å². The molecule has 27 heavy (non-hydrogen) atoms. The van der Waals surface area contributed by atoms with E-state index < -0.39 is 0 Å². The van der Waals surface area contributed by atoms with Gasteiger partial charge in [-0.1, -0.05) is 11.3 Å². The van der Waals surface area contributed by atoms with Crippen LogP contribution >= 0.6 is 11.3 Å². The van der Waals surface area contributed by atoms with E-state index in [9.17, 15) is 4.79 Å². The largest absolute Gasteiger partial charge is 0.494 e. The lowest BCUT2D eigenvalue weighted by Gasteiger charge is -2.05. The summed E-state index contributed by atoms with van der Waals surface area (Å²) in [7, 11) is 1.66. The molecule has 0 spiro atoms. The molecule has 2 heterocycles. The third-order valence-electron chi connectivity index (χ3n) is 4.18. The van der Waals surface area contributed by atoms with Gasteiger partial charge in [-0.25, -0.2) is 0 Å². The van der Waals surface area contributed by atoms with E-state index in [0.717, 1.165) is 28.2 Å². The van der Waals surface area contributed by atoms with Gasteiger partial charge in [-0.2, -0.15) is 10.1 Å². The van der Waals surface area contributed by atoms with Crippen molar-refractivity contribution in [1.82, 2.24) is 14.3 Å². The first-order chi connectivity index (χ1) is 13.1. The van der Waals surface area contributed by atoms with Crippen LogP contribution < -0.4 is 9.54 Å². The van der Waals surface area contributed by atoms with Crippen LogP contribution in [0.25, 0.3) is 10.2 Å². The highest BCUT2D eigenvalue weighted by Gasteiger charge is 2.13. The maximum Gasteiger partial charge on any atom is 0.300 e. The van der Waals surface area contributed by atoms with Gasteiger partial charge in [0.05, 0.1) is 23.4 Å². The quantitative estimate of drug-likeness (QED) is 0.624. The van der Waals surface area contributed by atoms with Crippen LogP contribution in [-0.4, -0.2) is 40.6 Å². The molecule has 0 saturated heterocycles. The number of fused-ring (bicyclic) bond motifs is 1. The molecule has 0 atom stereocenters. The summed E-state index contributed by atoms with van der Waals surface area (Å²) in [4.78, 5) is 17.6. The van der Waals surface area contributed by atoms with Crippen LogP contribution in [0.2, 0.25) is 0 Å². The molecule has 1 aromatic carbocycles. The Bertz CT molecular complexity index is 1020. The molecule has 2 aromatic heterocycles. The fourth-order valence-electron chi connectivity index (χ4n) is 2.87. The lowest BCUT2D eigenvalue weighted by molar-refractivity contribution is 0.0992. The average molecular weight is 388 g/mol. The molecule has 3 aromatic rings. The van der Waals surface area contributed by atoms with E-state index >= 15 is 0 Å². The monoisotopic (exact) mass is 388 g/mol. The number of ether oxygens (including phenoxy) is 2. The van der Waals surface area contributed by atoms with E-state index in [1.54, 1.807) is 17.9 Å². The number of benzene rings is 1. The van der Waals surface area contributed by atoms with Gasteiger partial charge in [0.1, 0.15) is 5.75 Å². The van der Waals surface area contributed by atoms with E-state index in [2.05, 4.69) is 10.1 Å². The Morgan fingerprint density at radius 3 is 2.78 bits per heavy atom. The molecule has 0 unspecified atom stereocenters. The number of carbonyl (C=O) groups excluding carboxylic acids is 1. The highest BCUT2D eigenvalue weighted by molar-refractivity contribution is 7.16. The third kappa shape index (κ3) is 4.12. The van der Waals surface area contributed by atoms with Gasteiger partial charge in [0.15, 0.2) is 10.5 Å². The second kappa shape index (κ2) is 8.49. The Kier molecular flexibility index (Phi) is 6.08. The number of hydrogen-bond donors (Lipinski definition) is 0. The molecule has 0 aliphatic heterocycles. The number of rotatable bonds is 7. The Morgan fingerprint density at radius 1 is 1.30 bits per heavy atom. The van der Waals surface area contributed by atoms with Crippen LogP contribution in [0.3, 0.4) is 0 Å². The number of aryl methyl sites for hydroxylation is 2. The van der Waals surface area contributed by atoms with Gasteiger partial charge >= 0.3 is 0 Å². The highest BCUT2D eigenvalue weighted by atomic mass is 32.1. The van der Waals surface area contributed by atoms with Crippen molar-refractivity contribution >= 4 is 27.5 Å². The summed E-state index contributed by atoms with van der Waals surface area (Å²) in [5.74, 6) is 0.466. The first-order valence-electron chi connectivity index (χ1n) is 8.96. The predicted octanol–water partition coefficient (Wildman–Crippen LogP) is 3.01. The highest BCUT2D eigenvalue weighted by Crippen LogP contribution is 2.23. The summed E-state index contributed by atoms with van der Waals surface area (Å²) in [6.07, 6.45) is 0. The molecular weight excluding hydrogens is 364 g/mol. The van der Waals surface area contributed by atoms with Crippen LogP contribution in [0.15, 0.2) is 29.3 Å². The summed E-state index contributed by atoms with van der Waals surface area (Å²) >= 11 is 1.46. The fourth-order valence-corrected chi connectivity index (χ4v) is 3.96. The van der Waals surface area contributed by atoms with Gasteiger partial charge in [0, 0.05) is 25.9 Å². The number of methoxy groups -OCH3 is 1. The molecule has 0 aliphatic carbocycles. The van der Waals surface area contributed by atoms with E-state index in [0.29, 0.717) is 30.3 Å². The smallest absolute Gasteiger partial charge is 0.300 e. The van der Waals surface area contributed by atoms with Gasteiger partial charge in [-0.15, -0.1) is 0 Å². The maximum atomic E-state index is 12.7. The van der Waals surface area contributed by atoms with E-state index in [1.807, 2.05) is 43.5 Å². The molecular formula is C19H24N4O3S. The summed E-state index contributed by atoms with van der Waals surface area (Å²) in [5, 5.41) is 4.33. The van der Waals surface area contributed by atoms with Gasteiger partial charge in [0.2, 0.25) is 0 Å². The first kappa shape index (κ1) is 19.3. The first-order valence-corrected chi connectivity index (χ1v) is 9.77. The summed E-state index contributed by atoms with van der Waals surface area (Å²) in [6, 6.07) is 7.67. The van der Waals surface area contributed by atoms with Crippen molar-refractivity contribution in [3.05, 3.63) is 40.5 Å². The van der Waals surface area contributed by atoms with Crippen molar-refractivity contribution < 1.29 is 14.3 Å². The van der Waals surface area contributed by atoms with E-state index in [4.69, 9.17) is 9.47 Å². The van der Waals surface area contributed by atoms with Crippen molar-refractivity contribution in [2.24, 2.45) is 4.99 Å². The maximum absolute atomic E-state index is 12.7. The molecule has 0 fully saturated rings. The molecule has 7 nitrogen and oxygen atoms in total. The SMILES string of the molecule is CCOc1ccc2c(c1)sc(=NC(=O)c1cc(C)n(CC)n1)n2CCOC. The summed E-state index contributed by atoms with van der Waals surface area (Å²) in [5.41, 5.74) is 2.31. The van der Waals surface area contributed by atoms with Gasteiger partial charge in [0.25, 0.3) is 5.91 Å². The molecule has 0 N–H and O–H groups in total. The van der Waals surface area contributed by atoms with E-state index in [-0.39, 0.29) is 5.91 Å². The zero-order chi connectivity index (χ0) is 19.4. The standard InChI is InChI=1S/C19H24N4O3S/c1-5-23-13(3)11-15(21-23)18(24)20-19-22(9-10-25-4)16-8-7-14(26-6-2)12-17(16)27-19/h7-8,11-12H,5-6,9-10H2,1-4H3. The predicted molar refractivity (Wildman–Crippen MR) is 105 cm³/mol. The van der Waals surface area contributed by atoms with E-state index in [1.165, 1.54) is 11.3 Å². The van der Waals surface area contributed by atoms with Crippen molar-refractivity contribution in [2.75, 3.05) is 20.3 Å². The third-order valence-corrected chi connectivity index (χ3v) is 5.22. The molecule has 0 saturated carbocycles. The van der Waals surface area contributed by atoms with Crippen LogP contribution in [0.1, 0.15) is 30.0 Å². The fraction of sp³-hybridized carbons (Fsp3) is 0.421. The topological polar surface area (TPSA) is 70.6 Å². The minimum atomic E-state index is -0.340. The molecule has 0 aliphatic rings. The van der Waals surface area contributed by atoms with Crippen LogP contribution in [0.5, 0.6) is 5.75 Å².